The van der Waals surface area contributed by atoms with E-state index >= 15 is 0 Å². The van der Waals surface area contributed by atoms with Crippen molar-refractivity contribution in [2.24, 2.45) is 5.92 Å². The molecule has 4 rings (SSSR count). The van der Waals surface area contributed by atoms with Crippen molar-refractivity contribution in [2.75, 3.05) is 19.9 Å². The number of rotatable bonds is 6. The van der Waals surface area contributed by atoms with Crippen molar-refractivity contribution in [3.8, 4) is 11.5 Å². The molecule has 2 aliphatic heterocycles. The van der Waals surface area contributed by atoms with Crippen LogP contribution in [0.4, 0.5) is 0 Å². The minimum Gasteiger partial charge on any atom is -0.454 e. The van der Waals surface area contributed by atoms with Crippen LogP contribution < -0.4 is 14.8 Å². The summed E-state index contributed by atoms with van der Waals surface area (Å²) in [6, 6.07) is 13.2. The van der Waals surface area contributed by atoms with Gasteiger partial charge in [0.25, 0.3) is 0 Å². The smallest absolute Gasteiger partial charge is 0.236 e. The van der Waals surface area contributed by atoms with Crippen molar-refractivity contribution in [2.45, 2.75) is 26.3 Å². The minimum absolute atomic E-state index is 0.0510. The molecule has 0 spiro atoms. The second-order valence-corrected chi connectivity index (χ2v) is 9.66. The number of carbonyl (C=O) groups excluding carboxylic acids is 1. The van der Waals surface area contributed by atoms with Crippen molar-refractivity contribution in [3.63, 3.8) is 0 Å². The van der Waals surface area contributed by atoms with Gasteiger partial charge >= 0.3 is 0 Å². The van der Waals surface area contributed by atoms with Crippen molar-refractivity contribution >= 4 is 22.0 Å². The quantitative estimate of drug-likeness (QED) is 0.743. The van der Waals surface area contributed by atoms with Crippen molar-refractivity contribution in [3.05, 3.63) is 64.6 Å². The van der Waals surface area contributed by atoms with Gasteiger partial charge in [0.15, 0.2) is 11.5 Å². The fourth-order valence-corrected chi connectivity index (χ4v) is 4.91. The van der Waals surface area contributed by atoms with Gasteiger partial charge in [0.1, 0.15) is 0 Å². The maximum absolute atomic E-state index is 12.6. The lowest BCUT2D eigenvalue weighted by Crippen LogP contribution is -2.42. The van der Waals surface area contributed by atoms with Gasteiger partial charge in [-0.3, -0.25) is 4.79 Å². The molecule has 164 valence electrons. The number of piperidine rings is 1. The summed E-state index contributed by atoms with van der Waals surface area (Å²) in [5.74, 6) is 1.15. The average Bonchev–Trinajstić information content (AvgIpc) is 3.25. The van der Waals surface area contributed by atoms with Gasteiger partial charge < -0.3 is 14.8 Å². The third-order valence-electron chi connectivity index (χ3n) is 5.60. The maximum Gasteiger partial charge on any atom is 0.236 e. The van der Waals surface area contributed by atoms with Gasteiger partial charge in [0.2, 0.25) is 22.7 Å². The second kappa shape index (κ2) is 9.11. The van der Waals surface area contributed by atoms with Gasteiger partial charge in [-0.15, -0.1) is 0 Å². The normalized spacial score (nSPS) is 17.2. The van der Waals surface area contributed by atoms with Gasteiger partial charge in [-0.05, 0) is 49.1 Å². The van der Waals surface area contributed by atoms with E-state index < -0.39 is 10.0 Å². The summed E-state index contributed by atoms with van der Waals surface area (Å²) >= 11 is 0. The number of aryl methyl sites for hydroxylation is 1. The number of fused-ring (bicyclic) bond motifs is 1. The van der Waals surface area contributed by atoms with Crippen LogP contribution in [0.2, 0.25) is 0 Å². The van der Waals surface area contributed by atoms with Crippen LogP contribution in [-0.2, 0) is 21.4 Å². The molecule has 8 heteroatoms. The number of sulfonamides is 1. The van der Waals surface area contributed by atoms with E-state index in [1.165, 1.54) is 9.71 Å². The highest BCUT2D eigenvalue weighted by Crippen LogP contribution is 2.32. The minimum atomic E-state index is -3.51. The van der Waals surface area contributed by atoms with Crippen LogP contribution in [0.15, 0.2) is 47.9 Å². The number of amides is 1. The first-order valence-electron chi connectivity index (χ1n) is 10.3. The standard InChI is InChI=1S/C23H26N2O5S/c1-17-2-4-18(5-3-17)10-13-31(27,28)25-11-8-20(9-12-25)23(26)24-15-19-6-7-21-22(14-19)30-16-29-21/h2-7,10,13-14,20H,8-9,11-12,15-16H2,1H3,(H,24,26)/b13-10+. The molecule has 1 amide bonds. The molecule has 2 aromatic rings. The van der Waals surface area contributed by atoms with E-state index in [-0.39, 0.29) is 18.6 Å². The molecule has 2 heterocycles. The second-order valence-electron chi connectivity index (χ2n) is 7.84. The molecule has 2 aliphatic rings. The Balaban J connectivity index is 1.27. The number of nitrogens with zero attached hydrogens (tertiary/aromatic N) is 1. The van der Waals surface area contributed by atoms with E-state index in [0.29, 0.717) is 44.0 Å². The van der Waals surface area contributed by atoms with Gasteiger partial charge in [-0.25, -0.2) is 8.42 Å². The van der Waals surface area contributed by atoms with Crippen LogP contribution >= 0.6 is 0 Å². The Morgan fingerprint density at radius 2 is 1.81 bits per heavy atom. The highest BCUT2D eigenvalue weighted by molar-refractivity contribution is 7.92. The van der Waals surface area contributed by atoms with E-state index in [2.05, 4.69) is 5.32 Å². The SMILES string of the molecule is Cc1ccc(/C=C/S(=O)(=O)N2CCC(C(=O)NCc3ccc4c(c3)OCO4)CC2)cc1. The monoisotopic (exact) mass is 442 g/mol. The molecule has 0 unspecified atom stereocenters. The van der Waals surface area contributed by atoms with E-state index in [1.54, 1.807) is 6.08 Å². The van der Waals surface area contributed by atoms with Crippen LogP contribution in [0, 0.1) is 12.8 Å². The predicted octanol–water partition coefficient (Wildman–Crippen LogP) is 3.05. The molecule has 0 aromatic heterocycles. The number of carbonyl (C=O) groups is 1. The lowest BCUT2D eigenvalue weighted by Gasteiger charge is -2.29. The van der Waals surface area contributed by atoms with Gasteiger partial charge in [-0.2, -0.15) is 4.31 Å². The first-order valence-corrected chi connectivity index (χ1v) is 11.8. The Hall–Kier alpha value is -2.84. The van der Waals surface area contributed by atoms with Crippen LogP contribution in [0.5, 0.6) is 11.5 Å². The molecule has 1 fully saturated rings. The zero-order valence-electron chi connectivity index (χ0n) is 17.4. The van der Waals surface area contributed by atoms with Crippen LogP contribution in [0.3, 0.4) is 0 Å². The van der Waals surface area contributed by atoms with Crippen molar-refractivity contribution < 1.29 is 22.7 Å². The lowest BCUT2D eigenvalue weighted by molar-refractivity contribution is -0.126. The summed E-state index contributed by atoms with van der Waals surface area (Å²) in [6.45, 7) is 3.27. The fourth-order valence-electron chi connectivity index (χ4n) is 3.69. The fraction of sp³-hybridized carbons (Fsp3) is 0.348. The number of hydrogen-bond donors (Lipinski definition) is 1. The average molecular weight is 443 g/mol. The first kappa shape index (κ1) is 21.4. The first-order chi connectivity index (χ1) is 14.9. The summed E-state index contributed by atoms with van der Waals surface area (Å²) < 4.78 is 37.3. The van der Waals surface area contributed by atoms with Crippen molar-refractivity contribution in [1.29, 1.82) is 0 Å². The number of ether oxygens (including phenoxy) is 2. The van der Waals surface area contributed by atoms with Gasteiger partial charge in [0, 0.05) is 31.0 Å². The zero-order valence-corrected chi connectivity index (χ0v) is 18.2. The van der Waals surface area contributed by atoms with E-state index in [0.717, 1.165) is 16.7 Å². The van der Waals surface area contributed by atoms with Crippen LogP contribution in [0.25, 0.3) is 6.08 Å². The summed E-state index contributed by atoms with van der Waals surface area (Å²) in [5.41, 5.74) is 2.89. The molecule has 0 saturated carbocycles. The molecule has 0 atom stereocenters. The topological polar surface area (TPSA) is 84.9 Å². The molecule has 1 saturated heterocycles. The zero-order chi connectivity index (χ0) is 21.8. The highest BCUT2D eigenvalue weighted by atomic mass is 32.2. The largest absolute Gasteiger partial charge is 0.454 e. The Kier molecular flexibility index (Phi) is 6.29. The predicted molar refractivity (Wildman–Crippen MR) is 118 cm³/mol. The van der Waals surface area contributed by atoms with Gasteiger partial charge in [0.05, 0.1) is 0 Å². The third kappa shape index (κ3) is 5.26. The van der Waals surface area contributed by atoms with Gasteiger partial charge in [-0.1, -0.05) is 35.9 Å². The van der Waals surface area contributed by atoms with E-state index in [4.69, 9.17) is 9.47 Å². The van der Waals surface area contributed by atoms with Crippen LogP contribution in [-0.4, -0.2) is 38.5 Å². The Labute approximate surface area is 182 Å². The Bertz CT molecular complexity index is 1070. The summed E-state index contributed by atoms with van der Waals surface area (Å²) in [5, 5.41) is 4.20. The summed E-state index contributed by atoms with van der Waals surface area (Å²) in [4.78, 5) is 12.6. The molecule has 0 aliphatic carbocycles. The molecule has 31 heavy (non-hydrogen) atoms. The highest BCUT2D eigenvalue weighted by Gasteiger charge is 2.29. The number of nitrogens with one attached hydrogen (secondary N) is 1. The van der Waals surface area contributed by atoms with Crippen LogP contribution in [0.1, 0.15) is 29.5 Å². The Morgan fingerprint density at radius 3 is 2.55 bits per heavy atom. The summed E-state index contributed by atoms with van der Waals surface area (Å²) in [7, 11) is -3.51. The molecule has 2 aromatic carbocycles. The van der Waals surface area contributed by atoms with Crippen molar-refractivity contribution in [1.82, 2.24) is 9.62 Å². The molecule has 7 nitrogen and oxygen atoms in total. The lowest BCUT2D eigenvalue weighted by atomic mass is 9.97. The molecule has 0 bridgehead atoms. The molecule has 1 N–H and O–H groups in total. The molecular weight excluding hydrogens is 416 g/mol. The third-order valence-corrected chi connectivity index (χ3v) is 7.16. The summed E-state index contributed by atoms with van der Waals surface area (Å²) in [6.07, 6.45) is 2.62. The van der Waals surface area contributed by atoms with E-state index in [9.17, 15) is 13.2 Å². The molecule has 0 radical (unpaired) electrons. The number of benzene rings is 2. The molecular formula is C23H26N2O5S. The number of hydrogen-bond acceptors (Lipinski definition) is 5. The van der Waals surface area contributed by atoms with E-state index in [1.807, 2.05) is 49.4 Å². The Morgan fingerprint density at radius 1 is 1.10 bits per heavy atom. The maximum atomic E-state index is 12.6.